The Morgan fingerprint density at radius 1 is 1.32 bits per heavy atom. The van der Waals surface area contributed by atoms with Crippen LogP contribution in [0.1, 0.15) is 62.3 Å². The van der Waals surface area contributed by atoms with E-state index in [4.69, 9.17) is 0 Å². The van der Waals surface area contributed by atoms with E-state index in [0.29, 0.717) is 11.7 Å². The van der Waals surface area contributed by atoms with Crippen LogP contribution in [0.3, 0.4) is 0 Å². The topological polar surface area (TPSA) is 72.7 Å². The lowest BCUT2D eigenvalue weighted by Gasteiger charge is -2.10. The second-order valence-electron chi connectivity index (χ2n) is 6.58. The third-order valence-corrected chi connectivity index (χ3v) is 6.17. The summed E-state index contributed by atoms with van der Waals surface area (Å²) in [7, 11) is 0. The predicted octanol–water partition coefficient (Wildman–Crippen LogP) is 3.88. The number of aryl methyl sites for hydroxylation is 2. The van der Waals surface area contributed by atoms with Crippen molar-refractivity contribution in [3.05, 3.63) is 16.4 Å². The van der Waals surface area contributed by atoms with Crippen molar-refractivity contribution in [2.75, 3.05) is 11.1 Å². The number of hydrogen-bond acceptors (Lipinski definition) is 6. The number of nitrogens with zero attached hydrogens (tertiary/aromatic N) is 4. The lowest BCUT2D eigenvalue weighted by Crippen LogP contribution is -2.15. The maximum atomic E-state index is 12.3. The fourth-order valence-electron chi connectivity index (χ4n) is 2.96. The number of rotatable bonds is 7. The van der Waals surface area contributed by atoms with Gasteiger partial charge in [0.15, 0.2) is 10.3 Å². The molecule has 8 heteroatoms. The van der Waals surface area contributed by atoms with Gasteiger partial charge >= 0.3 is 0 Å². The Hall–Kier alpha value is -1.41. The first kappa shape index (κ1) is 18.4. The molecule has 0 bridgehead atoms. The molecule has 6 nitrogen and oxygen atoms in total. The van der Waals surface area contributed by atoms with Crippen molar-refractivity contribution in [2.45, 2.75) is 70.5 Å². The first-order valence-electron chi connectivity index (χ1n) is 8.92. The highest BCUT2D eigenvalue weighted by atomic mass is 32.2. The molecule has 25 heavy (non-hydrogen) atoms. The van der Waals surface area contributed by atoms with E-state index in [-0.39, 0.29) is 5.91 Å². The van der Waals surface area contributed by atoms with E-state index in [9.17, 15) is 4.79 Å². The third kappa shape index (κ3) is 4.41. The Kier molecular flexibility index (Phi) is 6.11. The van der Waals surface area contributed by atoms with Crippen molar-refractivity contribution in [1.82, 2.24) is 19.7 Å². The molecule has 3 rings (SSSR count). The van der Waals surface area contributed by atoms with Crippen LogP contribution in [0.4, 0.5) is 5.13 Å². The monoisotopic (exact) mass is 379 g/mol. The second-order valence-corrected chi connectivity index (χ2v) is 8.61. The molecule has 1 aliphatic carbocycles. The van der Waals surface area contributed by atoms with E-state index in [0.717, 1.165) is 41.9 Å². The number of carbonyl (C=O) groups excluding carboxylic acids is 1. The van der Waals surface area contributed by atoms with Crippen LogP contribution in [0.15, 0.2) is 5.16 Å². The lowest BCUT2D eigenvalue weighted by atomic mass is 10.0. The fourth-order valence-corrected chi connectivity index (χ4v) is 4.80. The van der Waals surface area contributed by atoms with E-state index in [1.807, 2.05) is 0 Å². The fraction of sp³-hybridized carbons (Fsp3) is 0.647. The van der Waals surface area contributed by atoms with Gasteiger partial charge in [0, 0.05) is 17.3 Å². The van der Waals surface area contributed by atoms with Gasteiger partial charge in [0.2, 0.25) is 5.91 Å². The number of hydrogen-bond donors (Lipinski definition) is 1. The molecule has 136 valence electrons. The Balaban J connectivity index is 1.59. The first-order chi connectivity index (χ1) is 12.1. The Bertz CT molecular complexity index is 714. The molecule has 0 unspecified atom stereocenters. The van der Waals surface area contributed by atoms with Crippen LogP contribution in [0.25, 0.3) is 0 Å². The zero-order chi connectivity index (χ0) is 17.8. The van der Waals surface area contributed by atoms with Crippen molar-refractivity contribution in [3.8, 4) is 0 Å². The van der Waals surface area contributed by atoms with E-state index >= 15 is 0 Å². The first-order valence-corrected chi connectivity index (χ1v) is 10.7. The summed E-state index contributed by atoms with van der Waals surface area (Å²) in [5, 5.41) is 13.1. The molecular weight excluding hydrogens is 354 g/mol. The standard InChI is InChI=1S/C17H25N5OS2/c1-4-9-22-15(11(2)3)20-21-17(22)24-10-14(23)19-16-18-12-7-5-6-8-13(12)25-16/h11H,4-10H2,1-3H3,(H,18,19,23). The molecule has 0 radical (unpaired) electrons. The molecule has 2 heterocycles. The number of anilines is 1. The van der Waals surface area contributed by atoms with Crippen LogP contribution < -0.4 is 5.32 Å². The third-order valence-electron chi connectivity index (χ3n) is 4.13. The zero-order valence-electron chi connectivity index (χ0n) is 15.0. The zero-order valence-corrected chi connectivity index (χ0v) is 16.7. The van der Waals surface area contributed by atoms with E-state index in [2.05, 4.69) is 45.8 Å². The van der Waals surface area contributed by atoms with Crippen molar-refractivity contribution in [3.63, 3.8) is 0 Å². The van der Waals surface area contributed by atoms with Gasteiger partial charge in [-0.1, -0.05) is 32.5 Å². The van der Waals surface area contributed by atoms with Crippen molar-refractivity contribution < 1.29 is 4.79 Å². The highest BCUT2D eigenvalue weighted by molar-refractivity contribution is 7.99. The van der Waals surface area contributed by atoms with Crippen molar-refractivity contribution >= 4 is 34.1 Å². The van der Waals surface area contributed by atoms with Gasteiger partial charge in [-0.2, -0.15) is 0 Å². The average Bonchev–Trinajstić information content (AvgIpc) is 3.16. The molecule has 1 amide bonds. The number of fused-ring (bicyclic) bond motifs is 1. The summed E-state index contributed by atoms with van der Waals surface area (Å²) in [4.78, 5) is 18.2. The number of carbonyl (C=O) groups is 1. The number of aromatic nitrogens is 4. The second kappa shape index (κ2) is 8.31. The highest BCUT2D eigenvalue weighted by Crippen LogP contribution is 2.30. The van der Waals surface area contributed by atoms with Gasteiger partial charge in [-0.15, -0.1) is 21.5 Å². The summed E-state index contributed by atoms with van der Waals surface area (Å²) in [6.07, 6.45) is 5.57. The smallest absolute Gasteiger partial charge is 0.236 e. The molecule has 2 aromatic rings. The minimum atomic E-state index is -0.0340. The van der Waals surface area contributed by atoms with E-state index in [1.54, 1.807) is 11.3 Å². The maximum Gasteiger partial charge on any atom is 0.236 e. The van der Waals surface area contributed by atoms with Crippen LogP contribution in [-0.2, 0) is 24.2 Å². The van der Waals surface area contributed by atoms with Gasteiger partial charge in [0.1, 0.15) is 5.82 Å². The van der Waals surface area contributed by atoms with E-state index in [1.165, 1.54) is 35.2 Å². The quantitative estimate of drug-likeness (QED) is 0.739. The largest absolute Gasteiger partial charge is 0.306 e. The molecule has 2 aromatic heterocycles. The summed E-state index contributed by atoms with van der Waals surface area (Å²) in [5.74, 6) is 1.60. The molecule has 0 fully saturated rings. The minimum absolute atomic E-state index is 0.0340. The van der Waals surface area contributed by atoms with Gasteiger partial charge in [-0.05, 0) is 32.1 Å². The van der Waals surface area contributed by atoms with Gasteiger partial charge < -0.3 is 9.88 Å². The number of amides is 1. The van der Waals surface area contributed by atoms with Crippen LogP contribution in [-0.4, -0.2) is 31.4 Å². The van der Waals surface area contributed by atoms with Gasteiger partial charge in [0.25, 0.3) is 0 Å². The molecule has 0 saturated carbocycles. The van der Waals surface area contributed by atoms with E-state index < -0.39 is 0 Å². The predicted molar refractivity (Wildman–Crippen MR) is 103 cm³/mol. The SMILES string of the molecule is CCCn1c(SCC(=O)Nc2nc3c(s2)CCCC3)nnc1C(C)C. The molecule has 0 atom stereocenters. The normalized spacial score (nSPS) is 13.9. The summed E-state index contributed by atoms with van der Waals surface area (Å²) >= 11 is 3.06. The van der Waals surface area contributed by atoms with Crippen LogP contribution in [0, 0.1) is 0 Å². The molecule has 1 aliphatic rings. The van der Waals surface area contributed by atoms with Crippen LogP contribution in [0.5, 0.6) is 0 Å². The molecular formula is C17H25N5OS2. The molecule has 1 N–H and O–H groups in total. The maximum absolute atomic E-state index is 12.3. The molecule has 0 aromatic carbocycles. The van der Waals surface area contributed by atoms with Gasteiger partial charge in [0.05, 0.1) is 11.4 Å². The van der Waals surface area contributed by atoms with Crippen LogP contribution >= 0.6 is 23.1 Å². The number of thiazole rings is 1. The number of thioether (sulfide) groups is 1. The molecule has 0 saturated heterocycles. The summed E-state index contributed by atoms with van der Waals surface area (Å²) in [5.41, 5.74) is 1.17. The summed E-state index contributed by atoms with van der Waals surface area (Å²) in [6, 6.07) is 0. The lowest BCUT2D eigenvalue weighted by molar-refractivity contribution is -0.113. The van der Waals surface area contributed by atoms with Gasteiger partial charge in [-0.25, -0.2) is 4.98 Å². The number of nitrogens with one attached hydrogen (secondary N) is 1. The Morgan fingerprint density at radius 2 is 2.12 bits per heavy atom. The summed E-state index contributed by atoms with van der Waals surface area (Å²) < 4.78 is 2.13. The van der Waals surface area contributed by atoms with Crippen molar-refractivity contribution in [2.24, 2.45) is 0 Å². The molecule has 0 aliphatic heterocycles. The summed E-state index contributed by atoms with van der Waals surface area (Å²) in [6.45, 7) is 7.24. The highest BCUT2D eigenvalue weighted by Gasteiger charge is 2.18. The Labute approximate surface area is 156 Å². The molecule has 0 spiro atoms. The van der Waals surface area contributed by atoms with Crippen LogP contribution in [0.2, 0.25) is 0 Å². The van der Waals surface area contributed by atoms with Crippen molar-refractivity contribution in [1.29, 1.82) is 0 Å². The minimum Gasteiger partial charge on any atom is -0.306 e. The Morgan fingerprint density at radius 3 is 2.84 bits per heavy atom. The van der Waals surface area contributed by atoms with Gasteiger partial charge in [-0.3, -0.25) is 4.79 Å². The average molecular weight is 380 g/mol.